The lowest BCUT2D eigenvalue weighted by Gasteiger charge is -2.22. The number of aromatic nitrogens is 2. The lowest BCUT2D eigenvalue weighted by atomic mass is 9.84. The van der Waals surface area contributed by atoms with Crippen LogP contribution in [0.3, 0.4) is 0 Å². The van der Waals surface area contributed by atoms with E-state index in [1.54, 1.807) is 4.68 Å². The first-order chi connectivity index (χ1) is 9.49. The number of fused-ring (bicyclic) bond motifs is 1. The molecule has 0 aliphatic heterocycles. The molecule has 2 rings (SSSR count). The van der Waals surface area contributed by atoms with Crippen LogP contribution in [0.5, 0.6) is 0 Å². The van der Waals surface area contributed by atoms with E-state index in [-0.39, 0.29) is 16.9 Å². The first-order valence-corrected chi connectivity index (χ1v) is 7.28. The topological polar surface area (TPSA) is 46.9 Å². The molecule has 0 spiro atoms. The maximum absolute atomic E-state index is 12.5. The minimum atomic E-state index is -0.263. The highest BCUT2D eigenvalue weighted by molar-refractivity contribution is 6.06. The van der Waals surface area contributed by atoms with E-state index in [0.29, 0.717) is 5.56 Å². The number of hydrogen-bond donors (Lipinski definition) is 1. The Bertz CT molecular complexity index is 684. The normalized spacial score (nSPS) is 12.7. The zero-order valence-corrected chi connectivity index (χ0v) is 14.0. The smallest absolute Gasteiger partial charge is 0.253 e. The molecule has 0 aliphatic carbocycles. The lowest BCUT2D eigenvalue weighted by molar-refractivity contribution is 0.0921. The Morgan fingerprint density at radius 1 is 1.14 bits per heavy atom. The number of benzene rings is 1. The number of aryl methyl sites for hydroxylation is 1. The molecule has 21 heavy (non-hydrogen) atoms. The molecule has 4 nitrogen and oxygen atoms in total. The van der Waals surface area contributed by atoms with Gasteiger partial charge in [-0.25, -0.2) is 0 Å². The Labute approximate surface area is 126 Å². The molecule has 0 atom stereocenters. The van der Waals surface area contributed by atoms with E-state index in [1.807, 2.05) is 46.1 Å². The Morgan fingerprint density at radius 3 is 2.29 bits per heavy atom. The molecule has 1 amide bonds. The van der Waals surface area contributed by atoms with E-state index in [0.717, 1.165) is 10.9 Å². The van der Waals surface area contributed by atoms with E-state index in [2.05, 4.69) is 31.2 Å². The monoisotopic (exact) mass is 287 g/mol. The van der Waals surface area contributed by atoms with Gasteiger partial charge in [0.15, 0.2) is 0 Å². The zero-order valence-electron chi connectivity index (χ0n) is 14.0. The summed E-state index contributed by atoms with van der Waals surface area (Å²) in [6, 6.07) is 3.93. The second-order valence-corrected chi connectivity index (χ2v) is 7.68. The fourth-order valence-electron chi connectivity index (χ4n) is 2.47. The molecule has 1 N–H and O–H groups in total. The van der Waals surface area contributed by atoms with Crippen LogP contribution in [-0.2, 0) is 12.5 Å². The van der Waals surface area contributed by atoms with Crippen molar-refractivity contribution in [3.05, 3.63) is 29.5 Å². The third-order valence-corrected chi connectivity index (χ3v) is 3.33. The van der Waals surface area contributed by atoms with Crippen molar-refractivity contribution in [2.75, 3.05) is 0 Å². The summed E-state index contributed by atoms with van der Waals surface area (Å²) in [5.74, 6) is -0.0772. The van der Waals surface area contributed by atoms with E-state index >= 15 is 0 Å². The van der Waals surface area contributed by atoms with Gasteiger partial charge in [-0.3, -0.25) is 9.48 Å². The maximum atomic E-state index is 12.5. The van der Waals surface area contributed by atoms with Gasteiger partial charge in [0.05, 0.1) is 5.56 Å². The first kappa shape index (κ1) is 15.5. The summed E-state index contributed by atoms with van der Waals surface area (Å²) in [4.78, 5) is 12.5. The molecular weight excluding hydrogens is 262 g/mol. The standard InChI is InChI=1S/C17H25N3O/c1-16(2,3)13-9-8-11(15(21)18-17(4,5)6)14-12(13)10-20(7)19-14/h8-10H,1-7H3,(H,18,21). The van der Waals surface area contributed by atoms with Gasteiger partial charge in [-0.1, -0.05) is 26.8 Å². The van der Waals surface area contributed by atoms with Crippen molar-refractivity contribution in [3.63, 3.8) is 0 Å². The van der Waals surface area contributed by atoms with Gasteiger partial charge >= 0.3 is 0 Å². The number of nitrogens with one attached hydrogen (secondary N) is 1. The van der Waals surface area contributed by atoms with E-state index in [4.69, 9.17) is 0 Å². The number of carbonyl (C=O) groups excluding carboxylic acids is 1. The molecule has 0 bridgehead atoms. The molecule has 0 unspecified atom stereocenters. The van der Waals surface area contributed by atoms with Gasteiger partial charge in [0.2, 0.25) is 0 Å². The van der Waals surface area contributed by atoms with Gasteiger partial charge in [-0.2, -0.15) is 5.10 Å². The quantitative estimate of drug-likeness (QED) is 0.874. The van der Waals surface area contributed by atoms with Gasteiger partial charge in [0, 0.05) is 24.2 Å². The summed E-state index contributed by atoms with van der Waals surface area (Å²) in [6.45, 7) is 12.4. The lowest BCUT2D eigenvalue weighted by Crippen LogP contribution is -2.40. The molecule has 0 fully saturated rings. The average molecular weight is 287 g/mol. The molecule has 4 heteroatoms. The molecule has 0 aliphatic rings. The molecule has 1 heterocycles. The third kappa shape index (κ3) is 3.26. The highest BCUT2D eigenvalue weighted by Crippen LogP contribution is 2.31. The van der Waals surface area contributed by atoms with E-state index < -0.39 is 0 Å². The minimum absolute atomic E-state index is 0.0142. The van der Waals surface area contributed by atoms with Crippen LogP contribution < -0.4 is 5.32 Å². The van der Waals surface area contributed by atoms with Crippen LogP contribution in [0.1, 0.15) is 57.5 Å². The van der Waals surface area contributed by atoms with Crippen molar-refractivity contribution in [3.8, 4) is 0 Å². The Balaban J connectivity index is 2.61. The van der Waals surface area contributed by atoms with Crippen LogP contribution in [0.4, 0.5) is 0 Å². The van der Waals surface area contributed by atoms with Crippen molar-refractivity contribution >= 4 is 16.8 Å². The number of carbonyl (C=O) groups is 1. The Hall–Kier alpha value is -1.84. The summed E-state index contributed by atoms with van der Waals surface area (Å²) in [5.41, 5.74) is 2.36. The van der Waals surface area contributed by atoms with Crippen LogP contribution in [0.2, 0.25) is 0 Å². The van der Waals surface area contributed by atoms with E-state index in [9.17, 15) is 4.79 Å². The van der Waals surface area contributed by atoms with E-state index in [1.165, 1.54) is 5.56 Å². The second-order valence-electron chi connectivity index (χ2n) is 7.68. The average Bonchev–Trinajstić information content (AvgIpc) is 2.64. The van der Waals surface area contributed by atoms with Crippen molar-refractivity contribution < 1.29 is 4.79 Å². The molecule has 1 aromatic carbocycles. The molecule has 1 aromatic heterocycles. The fourth-order valence-corrected chi connectivity index (χ4v) is 2.47. The highest BCUT2D eigenvalue weighted by atomic mass is 16.1. The van der Waals surface area contributed by atoms with Gasteiger partial charge < -0.3 is 5.32 Å². The largest absolute Gasteiger partial charge is 0.347 e. The number of amides is 1. The molecule has 0 saturated heterocycles. The van der Waals surface area contributed by atoms with Gasteiger partial charge in [0.25, 0.3) is 5.91 Å². The van der Waals surface area contributed by atoms with Crippen LogP contribution in [0, 0.1) is 0 Å². The molecule has 0 saturated carbocycles. The van der Waals surface area contributed by atoms with Crippen LogP contribution in [-0.4, -0.2) is 21.2 Å². The zero-order chi connectivity index (χ0) is 16.0. The molecule has 2 aromatic rings. The van der Waals surface area contributed by atoms with Crippen LogP contribution in [0.15, 0.2) is 18.3 Å². The second kappa shape index (κ2) is 4.86. The fraction of sp³-hybridized carbons (Fsp3) is 0.529. The van der Waals surface area contributed by atoms with Gasteiger partial charge in [-0.15, -0.1) is 0 Å². The van der Waals surface area contributed by atoms with Crippen molar-refractivity contribution in [1.29, 1.82) is 0 Å². The van der Waals surface area contributed by atoms with Crippen molar-refractivity contribution in [1.82, 2.24) is 15.1 Å². The summed E-state index contributed by atoms with van der Waals surface area (Å²) >= 11 is 0. The summed E-state index contributed by atoms with van der Waals surface area (Å²) in [6.07, 6.45) is 1.99. The van der Waals surface area contributed by atoms with Crippen LogP contribution >= 0.6 is 0 Å². The predicted octanol–water partition coefficient (Wildman–Crippen LogP) is 3.40. The van der Waals surface area contributed by atoms with Gasteiger partial charge in [0.1, 0.15) is 5.52 Å². The number of hydrogen-bond acceptors (Lipinski definition) is 2. The van der Waals surface area contributed by atoms with Crippen LogP contribution in [0.25, 0.3) is 10.9 Å². The molecule has 0 radical (unpaired) electrons. The molecule has 114 valence electrons. The predicted molar refractivity (Wildman–Crippen MR) is 86.6 cm³/mol. The number of rotatable bonds is 1. The first-order valence-electron chi connectivity index (χ1n) is 7.28. The van der Waals surface area contributed by atoms with Gasteiger partial charge in [-0.05, 0) is 37.8 Å². The SMILES string of the molecule is Cn1cc2c(C(C)(C)C)ccc(C(=O)NC(C)(C)C)c2n1. The minimum Gasteiger partial charge on any atom is -0.347 e. The highest BCUT2D eigenvalue weighted by Gasteiger charge is 2.23. The summed E-state index contributed by atoms with van der Waals surface area (Å²) < 4.78 is 1.77. The summed E-state index contributed by atoms with van der Waals surface area (Å²) in [5, 5.41) is 8.55. The van der Waals surface area contributed by atoms with Crippen molar-refractivity contribution in [2.24, 2.45) is 7.05 Å². The maximum Gasteiger partial charge on any atom is 0.253 e. The number of nitrogens with zero attached hydrogens (tertiary/aromatic N) is 2. The summed E-state index contributed by atoms with van der Waals surface area (Å²) in [7, 11) is 1.89. The Morgan fingerprint density at radius 2 is 1.76 bits per heavy atom. The molecular formula is C17H25N3O. The van der Waals surface area contributed by atoms with Crippen molar-refractivity contribution in [2.45, 2.75) is 52.5 Å². The Kier molecular flexibility index (Phi) is 3.60. The third-order valence-electron chi connectivity index (χ3n) is 3.33.